The summed E-state index contributed by atoms with van der Waals surface area (Å²) in [5, 5.41) is 6.06. The molecule has 0 saturated carbocycles. The van der Waals surface area contributed by atoms with Gasteiger partial charge in [0.2, 0.25) is 0 Å². The van der Waals surface area contributed by atoms with Gasteiger partial charge in [0.25, 0.3) is 5.91 Å². The lowest BCUT2D eigenvalue weighted by Gasteiger charge is -2.13. The van der Waals surface area contributed by atoms with Crippen molar-refractivity contribution >= 4 is 27.5 Å². The Balaban J connectivity index is 2.16. The molecule has 0 heterocycles. The molecule has 110 valence electrons. The maximum Gasteiger partial charge on any atom is 0.251 e. The van der Waals surface area contributed by atoms with Crippen molar-refractivity contribution in [1.82, 2.24) is 5.32 Å². The first-order chi connectivity index (χ1) is 10.0. The van der Waals surface area contributed by atoms with E-state index in [0.717, 1.165) is 22.3 Å². The van der Waals surface area contributed by atoms with Gasteiger partial charge in [0.05, 0.1) is 0 Å². The van der Waals surface area contributed by atoms with Crippen molar-refractivity contribution in [2.45, 2.75) is 20.4 Å². The molecule has 2 rings (SSSR count). The van der Waals surface area contributed by atoms with Gasteiger partial charge in [-0.2, -0.15) is 0 Å². The largest absolute Gasteiger partial charge is 0.381 e. The fourth-order valence-corrected chi connectivity index (χ4v) is 2.58. The minimum Gasteiger partial charge on any atom is -0.381 e. The van der Waals surface area contributed by atoms with Crippen LogP contribution in [-0.2, 0) is 6.54 Å². The highest BCUT2D eigenvalue weighted by Crippen LogP contribution is 2.21. The molecule has 4 heteroatoms. The van der Waals surface area contributed by atoms with Crippen molar-refractivity contribution in [3.05, 3.63) is 63.1 Å². The van der Waals surface area contributed by atoms with Crippen LogP contribution in [-0.4, -0.2) is 13.0 Å². The molecule has 0 atom stereocenters. The monoisotopic (exact) mass is 346 g/mol. The molecule has 0 fully saturated rings. The lowest BCUT2D eigenvalue weighted by molar-refractivity contribution is 0.0962. The Morgan fingerprint density at radius 1 is 1.19 bits per heavy atom. The van der Waals surface area contributed by atoms with E-state index < -0.39 is 0 Å². The Kier molecular flexibility index (Phi) is 5.02. The van der Waals surface area contributed by atoms with Crippen LogP contribution in [0, 0.1) is 13.8 Å². The molecule has 0 bridgehead atoms. The number of nitrogens with one attached hydrogen (secondary N) is 2. The first kappa shape index (κ1) is 15.6. The van der Waals surface area contributed by atoms with Gasteiger partial charge in [0, 0.05) is 29.3 Å². The lowest BCUT2D eigenvalue weighted by atomic mass is 10.1. The van der Waals surface area contributed by atoms with Crippen molar-refractivity contribution in [3.8, 4) is 0 Å². The standard InChI is InChI=1S/C17H19BrN2O/c1-11-7-8-13(9-15(11)18)10-20-16-6-4-5-14(12(16)2)17(21)19-3/h4-9,20H,10H2,1-3H3,(H,19,21). The summed E-state index contributed by atoms with van der Waals surface area (Å²) in [5.41, 5.74) is 5.05. The third-order valence-electron chi connectivity index (χ3n) is 3.52. The van der Waals surface area contributed by atoms with E-state index >= 15 is 0 Å². The zero-order chi connectivity index (χ0) is 15.4. The summed E-state index contributed by atoms with van der Waals surface area (Å²) >= 11 is 3.55. The van der Waals surface area contributed by atoms with Crippen LogP contribution in [0.15, 0.2) is 40.9 Å². The number of amides is 1. The van der Waals surface area contributed by atoms with Gasteiger partial charge in [0.15, 0.2) is 0 Å². The van der Waals surface area contributed by atoms with Gasteiger partial charge in [0.1, 0.15) is 0 Å². The van der Waals surface area contributed by atoms with Crippen LogP contribution in [0.5, 0.6) is 0 Å². The van der Waals surface area contributed by atoms with Crippen LogP contribution in [0.2, 0.25) is 0 Å². The summed E-state index contributed by atoms with van der Waals surface area (Å²) in [5.74, 6) is -0.0609. The van der Waals surface area contributed by atoms with Crippen LogP contribution in [0.4, 0.5) is 5.69 Å². The van der Waals surface area contributed by atoms with Crippen molar-refractivity contribution in [2.75, 3.05) is 12.4 Å². The number of aryl methyl sites for hydroxylation is 1. The Labute approximate surface area is 133 Å². The van der Waals surface area contributed by atoms with Crippen LogP contribution < -0.4 is 10.6 Å². The van der Waals surface area contributed by atoms with Gasteiger partial charge >= 0.3 is 0 Å². The summed E-state index contributed by atoms with van der Waals surface area (Å²) in [6, 6.07) is 12.0. The minimum atomic E-state index is -0.0609. The second-order valence-electron chi connectivity index (χ2n) is 4.99. The van der Waals surface area contributed by atoms with Crippen molar-refractivity contribution in [1.29, 1.82) is 0 Å². The maximum atomic E-state index is 11.8. The molecular weight excluding hydrogens is 328 g/mol. The van der Waals surface area contributed by atoms with E-state index in [4.69, 9.17) is 0 Å². The zero-order valence-corrected chi connectivity index (χ0v) is 14.0. The van der Waals surface area contributed by atoms with E-state index in [9.17, 15) is 4.79 Å². The molecular formula is C17H19BrN2O. The molecule has 0 unspecified atom stereocenters. The molecule has 3 nitrogen and oxygen atoms in total. The van der Waals surface area contributed by atoms with Crippen LogP contribution in [0.1, 0.15) is 27.0 Å². The Bertz CT molecular complexity index is 668. The van der Waals surface area contributed by atoms with Gasteiger partial charge in [-0.15, -0.1) is 0 Å². The van der Waals surface area contributed by atoms with Crippen LogP contribution >= 0.6 is 15.9 Å². The number of benzene rings is 2. The van der Waals surface area contributed by atoms with Crippen molar-refractivity contribution in [3.63, 3.8) is 0 Å². The SMILES string of the molecule is CNC(=O)c1cccc(NCc2ccc(C)c(Br)c2)c1C. The smallest absolute Gasteiger partial charge is 0.251 e. The van der Waals surface area contributed by atoms with Gasteiger partial charge in [-0.05, 0) is 48.7 Å². The van der Waals surface area contributed by atoms with Gasteiger partial charge in [-0.25, -0.2) is 0 Å². The second kappa shape index (κ2) is 6.76. The number of halogens is 1. The van der Waals surface area contributed by atoms with E-state index in [1.165, 1.54) is 11.1 Å². The molecule has 2 aromatic rings. The normalized spacial score (nSPS) is 10.3. The molecule has 2 N–H and O–H groups in total. The summed E-state index contributed by atoms with van der Waals surface area (Å²) < 4.78 is 1.11. The number of carbonyl (C=O) groups excluding carboxylic acids is 1. The third-order valence-corrected chi connectivity index (χ3v) is 4.38. The van der Waals surface area contributed by atoms with Crippen molar-refractivity contribution in [2.24, 2.45) is 0 Å². The van der Waals surface area contributed by atoms with Crippen molar-refractivity contribution < 1.29 is 4.79 Å². The van der Waals surface area contributed by atoms with E-state index in [1.807, 2.05) is 25.1 Å². The van der Waals surface area contributed by atoms with E-state index in [2.05, 4.69) is 51.7 Å². The fraction of sp³-hybridized carbons (Fsp3) is 0.235. The van der Waals surface area contributed by atoms with Gasteiger partial charge in [-0.3, -0.25) is 4.79 Å². The molecule has 0 aliphatic heterocycles. The van der Waals surface area contributed by atoms with Gasteiger partial charge < -0.3 is 10.6 Å². The molecule has 2 aromatic carbocycles. The highest BCUT2D eigenvalue weighted by atomic mass is 79.9. The first-order valence-electron chi connectivity index (χ1n) is 6.83. The highest BCUT2D eigenvalue weighted by Gasteiger charge is 2.09. The third kappa shape index (κ3) is 3.64. The average molecular weight is 347 g/mol. The minimum absolute atomic E-state index is 0.0609. The molecule has 0 saturated heterocycles. The van der Waals surface area contributed by atoms with Crippen LogP contribution in [0.25, 0.3) is 0 Å². The molecule has 0 aromatic heterocycles. The predicted octanol–water partition coefficient (Wildman–Crippen LogP) is 4.04. The number of hydrogen-bond donors (Lipinski definition) is 2. The molecule has 1 amide bonds. The molecule has 0 radical (unpaired) electrons. The molecule has 21 heavy (non-hydrogen) atoms. The predicted molar refractivity (Wildman–Crippen MR) is 90.8 cm³/mol. The summed E-state index contributed by atoms with van der Waals surface area (Å²) in [6.45, 7) is 4.74. The van der Waals surface area contributed by atoms with E-state index in [1.54, 1.807) is 7.05 Å². The summed E-state index contributed by atoms with van der Waals surface area (Å²) in [6.07, 6.45) is 0. The Morgan fingerprint density at radius 2 is 1.95 bits per heavy atom. The quantitative estimate of drug-likeness (QED) is 0.877. The number of anilines is 1. The number of carbonyl (C=O) groups is 1. The second-order valence-corrected chi connectivity index (χ2v) is 5.85. The maximum absolute atomic E-state index is 11.8. The average Bonchev–Trinajstić information content (AvgIpc) is 2.49. The topological polar surface area (TPSA) is 41.1 Å². The first-order valence-corrected chi connectivity index (χ1v) is 7.63. The summed E-state index contributed by atoms with van der Waals surface area (Å²) in [4.78, 5) is 11.8. The van der Waals surface area contributed by atoms with E-state index in [-0.39, 0.29) is 5.91 Å². The van der Waals surface area contributed by atoms with Gasteiger partial charge in [-0.1, -0.05) is 34.1 Å². The number of hydrogen-bond acceptors (Lipinski definition) is 2. The molecule has 0 aliphatic carbocycles. The van der Waals surface area contributed by atoms with Crippen LogP contribution in [0.3, 0.4) is 0 Å². The summed E-state index contributed by atoms with van der Waals surface area (Å²) in [7, 11) is 1.64. The Morgan fingerprint density at radius 3 is 2.62 bits per heavy atom. The molecule has 0 aliphatic rings. The Hall–Kier alpha value is -1.81. The fourth-order valence-electron chi connectivity index (χ4n) is 2.15. The van der Waals surface area contributed by atoms with E-state index in [0.29, 0.717) is 5.56 Å². The number of rotatable bonds is 4. The zero-order valence-electron chi connectivity index (χ0n) is 12.5. The molecule has 0 spiro atoms. The highest BCUT2D eigenvalue weighted by molar-refractivity contribution is 9.10. The lowest BCUT2D eigenvalue weighted by Crippen LogP contribution is -2.19.